The highest BCUT2D eigenvalue weighted by atomic mass is 79.9. The molecule has 0 fully saturated rings. The van der Waals surface area contributed by atoms with Crippen LogP contribution in [0.15, 0.2) is 22.7 Å². The van der Waals surface area contributed by atoms with E-state index in [9.17, 15) is 9.90 Å². The van der Waals surface area contributed by atoms with Crippen molar-refractivity contribution < 1.29 is 9.90 Å². The third kappa shape index (κ3) is 3.24. The van der Waals surface area contributed by atoms with Gasteiger partial charge in [0.1, 0.15) is 0 Å². The van der Waals surface area contributed by atoms with Gasteiger partial charge in [-0.15, -0.1) is 5.10 Å². The molecule has 112 valence electrons. The first-order valence-corrected chi connectivity index (χ1v) is 7.49. The van der Waals surface area contributed by atoms with Gasteiger partial charge in [-0.25, -0.2) is 4.68 Å². The van der Waals surface area contributed by atoms with E-state index in [1.807, 2.05) is 6.92 Å². The van der Waals surface area contributed by atoms with Crippen LogP contribution in [0, 0.1) is 5.41 Å². The second kappa shape index (κ2) is 6.11. The van der Waals surface area contributed by atoms with E-state index in [4.69, 9.17) is 11.6 Å². The molecule has 1 N–H and O–H groups in total. The maximum Gasteiger partial charge on any atom is 0.311 e. The van der Waals surface area contributed by atoms with Gasteiger partial charge in [0.25, 0.3) is 0 Å². The van der Waals surface area contributed by atoms with Gasteiger partial charge in [0.15, 0.2) is 5.82 Å². The Labute approximate surface area is 135 Å². The molecule has 6 nitrogen and oxygen atoms in total. The first-order chi connectivity index (χ1) is 9.87. The highest BCUT2D eigenvalue weighted by Gasteiger charge is 2.33. The lowest BCUT2D eigenvalue weighted by Gasteiger charge is -2.22. The molecular formula is C13H14BrClN4O2. The Bertz CT molecular complexity index is 676. The average Bonchev–Trinajstić information content (AvgIpc) is 2.89. The van der Waals surface area contributed by atoms with Crippen LogP contribution < -0.4 is 0 Å². The summed E-state index contributed by atoms with van der Waals surface area (Å²) in [7, 11) is 0. The summed E-state index contributed by atoms with van der Waals surface area (Å²) in [5, 5.41) is 21.5. The summed E-state index contributed by atoms with van der Waals surface area (Å²) in [6.07, 6.45) is 0.478. The van der Waals surface area contributed by atoms with Gasteiger partial charge >= 0.3 is 5.97 Å². The SMILES string of the molecule is CCC(C)(Cn1nnnc1-c1ccc(Cl)c(Br)c1)C(=O)O. The van der Waals surface area contributed by atoms with Crippen molar-refractivity contribution in [1.82, 2.24) is 20.2 Å². The zero-order chi connectivity index (χ0) is 15.6. The zero-order valence-electron chi connectivity index (χ0n) is 11.5. The number of rotatable bonds is 5. The lowest BCUT2D eigenvalue weighted by atomic mass is 9.88. The molecule has 2 rings (SSSR count). The Balaban J connectivity index is 2.39. The number of aliphatic carboxylic acids is 1. The molecule has 1 aromatic carbocycles. The summed E-state index contributed by atoms with van der Waals surface area (Å²) in [6.45, 7) is 3.71. The quantitative estimate of drug-likeness (QED) is 0.870. The standard InChI is InChI=1S/C13H14BrClN4O2/c1-3-13(2,12(20)21)7-19-11(16-17-18-19)8-4-5-10(15)9(14)6-8/h4-6H,3,7H2,1-2H3,(H,20,21). The zero-order valence-corrected chi connectivity index (χ0v) is 13.9. The summed E-state index contributed by atoms with van der Waals surface area (Å²) in [4.78, 5) is 11.4. The molecule has 0 amide bonds. The Morgan fingerprint density at radius 2 is 2.24 bits per heavy atom. The minimum atomic E-state index is -0.923. The van der Waals surface area contributed by atoms with Gasteiger partial charge in [0.2, 0.25) is 0 Å². The summed E-state index contributed by atoms with van der Waals surface area (Å²) in [6, 6.07) is 5.32. The maximum atomic E-state index is 11.4. The monoisotopic (exact) mass is 372 g/mol. The molecule has 0 saturated heterocycles. The van der Waals surface area contributed by atoms with Crippen LogP contribution in [0.2, 0.25) is 5.02 Å². The van der Waals surface area contributed by atoms with Crippen LogP contribution in [0.3, 0.4) is 0 Å². The van der Waals surface area contributed by atoms with Crippen LogP contribution in [-0.4, -0.2) is 31.3 Å². The topological polar surface area (TPSA) is 80.9 Å². The molecule has 0 aliphatic rings. The highest BCUT2D eigenvalue weighted by Crippen LogP contribution is 2.29. The van der Waals surface area contributed by atoms with Crippen LogP contribution in [0.1, 0.15) is 20.3 Å². The van der Waals surface area contributed by atoms with Crippen molar-refractivity contribution in [3.63, 3.8) is 0 Å². The molecule has 0 aliphatic heterocycles. The van der Waals surface area contributed by atoms with E-state index >= 15 is 0 Å². The molecule has 1 aromatic heterocycles. The van der Waals surface area contributed by atoms with E-state index < -0.39 is 11.4 Å². The fraction of sp³-hybridized carbons (Fsp3) is 0.385. The van der Waals surface area contributed by atoms with Crippen molar-refractivity contribution in [3.05, 3.63) is 27.7 Å². The van der Waals surface area contributed by atoms with Crippen molar-refractivity contribution in [1.29, 1.82) is 0 Å². The molecule has 8 heteroatoms. The van der Waals surface area contributed by atoms with Gasteiger partial charge in [-0.2, -0.15) is 0 Å². The number of benzene rings is 1. The van der Waals surface area contributed by atoms with Gasteiger partial charge in [0.05, 0.1) is 17.0 Å². The summed E-state index contributed by atoms with van der Waals surface area (Å²) in [5.41, 5.74) is -0.159. The first kappa shape index (κ1) is 15.9. The van der Waals surface area contributed by atoms with Crippen LogP contribution >= 0.6 is 27.5 Å². The van der Waals surface area contributed by atoms with E-state index in [0.717, 1.165) is 10.0 Å². The average molecular weight is 374 g/mol. The van der Waals surface area contributed by atoms with Crippen LogP contribution in [0.5, 0.6) is 0 Å². The molecule has 2 aromatic rings. The number of carbonyl (C=O) groups is 1. The molecule has 1 heterocycles. The largest absolute Gasteiger partial charge is 0.481 e. The van der Waals surface area contributed by atoms with Gasteiger partial charge in [-0.1, -0.05) is 18.5 Å². The number of hydrogen-bond donors (Lipinski definition) is 1. The predicted octanol–water partition coefficient (Wildman–Crippen LogP) is 3.26. The van der Waals surface area contributed by atoms with Gasteiger partial charge in [-0.05, 0) is 57.9 Å². The molecule has 1 atom stereocenters. The number of hydrogen-bond acceptors (Lipinski definition) is 4. The summed E-state index contributed by atoms with van der Waals surface area (Å²) in [5.74, 6) is -0.364. The molecule has 0 spiro atoms. The Kier molecular flexibility index (Phi) is 4.63. The minimum Gasteiger partial charge on any atom is -0.481 e. The second-order valence-corrected chi connectivity index (χ2v) is 6.27. The molecule has 21 heavy (non-hydrogen) atoms. The lowest BCUT2D eigenvalue weighted by molar-refractivity contribution is -0.149. The Morgan fingerprint density at radius 1 is 1.52 bits per heavy atom. The van der Waals surface area contributed by atoms with Gasteiger partial charge < -0.3 is 5.11 Å². The fourth-order valence-corrected chi connectivity index (χ4v) is 2.31. The summed E-state index contributed by atoms with van der Waals surface area (Å²) >= 11 is 9.32. The number of aromatic nitrogens is 4. The molecule has 0 bridgehead atoms. The number of carboxylic acids is 1. The normalized spacial score (nSPS) is 13.9. The Morgan fingerprint density at radius 3 is 2.81 bits per heavy atom. The van der Waals surface area contributed by atoms with E-state index in [0.29, 0.717) is 17.3 Å². The number of tetrazole rings is 1. The fourth-order valence-electron chi connectivity index (χ4n) is 1.81. The van der Waals surface area contributed by atoms with Crippen molar-refractivity contribution >= 4 is 33.5 Å². The number of carboxylic acid groups (broad SMARTS) is 1. The molecular weight excluding hydrogens is 360 g/mol. The van der Waals surface area contributed by atoms with Gasteiger partial charge in [-0.3, -0.25) is 4.79 Å². The predicted molar refractivity (Wildman–Crippen MR) is 82.0 cm³/mol. The number of nitrogens with zero attached hydrogens (tertiary/aromatic N) is 4. The third-order valence-corrected chi connectivity index (χ3v) is 4.72. The molecule has 1 unspecified atom stereocenters. The minimum absolute atomic E-state index is 0.196. The highest BCUT2D eigenvalue weighted by molar-refractivity contribution is 9.10. The van der Waals surface area contributed by atoms with Crippen molar-refractivity contribution in [2.45, 2.75) is 26.8 Å². The van der Waals surface area contributed by atoms with Gasteiger partial charge in [0, 0.05) is 10.0 Å². The Hall–Kier alpha value is -1.47. The van der Waals surface area contributed by atoms with Crippen LogP contribution in [0.25, 0.3) is 11.4 Å². The molecule has 0 saturated carbocycles. The second-order valence-electron chi connectivity index (χ2n) is 5.01. The van der Waals surface area contributed by atoms with E-state index in [-0.39, 0.29) is 6.54 Å². The lowest BCUT2D eigenvalue weighted by Crippen LogP contribution is -2.32. The maximum absolute atomic E-state index is 11.4. The van der Waals surface area contributed by atoms with E-state index in [2.05, 4.69) is 31.5 Å². The molecule has 0 aliphatic carbocycles. The van der Waals surface area contributed by atoms with E-state index in [1.54, 1.807) is 25.1 Å². The van der Waals surface area contributed by atoms with Crippen LogP contribution in [-0.2, 0) is 11.3 Å². The van der Waals surface area contributed by atoms with Crippen molar-refractivity contribution in [3.8, 4) is 11.4 Å². The smallest absolute Gasteiger partial charge is 0.311 e. The van der Waals surface area contributed by atoms with Crippen LogP contribution in [0.4, 0.5) is 0 Å². The number of halogens is 2. The third-order valence-electron chi connectivity index (χ3n) is 3.51. The summed E-state index contributed by atoms with van der Waals surface area (Å²) < 4.78 is 2.24. The van der Waals surface area contributed by atoms with Crippen molar-refractivity contribution in [2.75, 3.05) is 0 Å². The van der Waals surface area contributed by atoms with E-state index in [1.165, 1.54) is 4.68 Å². The first-order valence-electron chi connectivity index (χ1n) is 6.32. The molecule has 0 radical (unpaired) electrons. The van der Waals surface area contributed by atoms with Crippen molar-refractivity contribution in [2.24, 2.45) is 5.41 Å².